The molecule has 13 aromatic rings. The number of rotatable bonds is 7. The number of hydrogen-bond acceptors (Lipinski definition) is 0. The van der Waals surface area contributed by atoms with Crippen molar-refractivity contribution in [2.24, 2.45) is 0 Å². The van der Waals surface area contributed by atoms with E-state index in [-0.39, 0.29) is 0 Å². The van der Waals surface area contributed by atoms with Gasteiger partial charge in [0.1, 0.15) is 0 Å². The van der Waals surface area contributed by atoms with Crippen molar-refractivity contribution < 1.29 is 0 Å². The molecular weight excluding hydrogens is 791 g/mol. The molecule has 0 radical (unpaired) electrons. The zero-order valence-corrected chi connectivity index (χ0v) is 36.0. The minimum Gasteiger partial charge on any atom is -0.309 e. The maximum atomic E-state index is 2.63. The highest BCUT2D eigenvalue weighted by atomic mass is 28.3. The lowest BCUT2D eigenvalue weighted by Crippen LogP contribution is -2.75. The molecule has 3 nitrogen and oxygen atoms in total. The molecular formula is C60H41N3Si. The summed E-state index contributed by atoms with van der Waals surface area (Å²) >= 11 is 0. The van der Waals surface area contributed by atoms with Crippen LogP contribution >= 0.6 is 0 Å². The third-order valence-electron chi connectivity index (χ3n) is 13.6. The molecule has 3 aromatic heterocycles. The average molecular weight is 832 g/mol. The molecule has 3 heterocycles. The number of fused-ring (bicyclic) bond motifs is 9. The van der Waals surface area contributed by atoms with Gasteiger partial charge < -0.3 is 13.7 Å². The first-order valence-corrected chi connectivity index (χ1v) is 24.1. The molecule has 0 saturated carbocycles. The van der Waals surface area contributed by atoms with Gasteiger partial charge in [-0.2, -0.15) is 0 Å². The Morgan fingerprint density at radius 3 is 1.11 bits per heavy atom. The number of aromatic nitrogens is 3. The lowest BCUT2D eigenvalue weighted by Gasteiger charge is -2.37. The topological polar surface area (TPSA) is 14.8 Å². The van der Waals surface area contributed by atoms with Gasteiger partial charge >= 0.3 is 0 Å². The SMILES string of the molecule is c1ccc(-n2c3ccccc3c3cccc(-n4c5ccccc5c5ccc(-n6c7ccccc7c7ccccc76)c([Si](c6ccccc6)(c6ccccc6)c6ccccc6)c54)c32)cc1. The fraction of sp³-hybridized carbons (Fsp3) is 0. The smallest absolute Gasteiger partial charge is 0.184 e. The summed E-state index contributed by atoms with van der Waals surface area (Å²) in [4.78, 5) is 0. The molecule has 64 heavy (non-hydrogen) atoms. The number of para-hydroxylation sites is 6. The highest BCUT2D eigenvalue weighted by Crippen LogP contribution is 2.41. The van der Waals surface area contributed by atoms with Crippen LogP contribution in [0, 0.1) is 0 Å². The molecule has 0 aliphatic carbocycles. The zero-order valence-electron chi connectivity index (χ0n) is 35.0. The second-order valence-electron chi connectivity index (χ2n) is 16.8. The molecule has 0 N–H and O–H groups in total. The fourth-order valence-electron chi connectivity index (χ4n) is 11.1. The molecule has 0 saturated heterocycles. The summed E-state index contributed by atoms with van der Waals surface area (Å²) in [6.45, 7) is 0. The van der Waals surface area contributed by atoms with E-state index in [2.05, 4.69) is 262 Å². The number of hydrogen-bond donors (Lipinski definition) is 0. The van der Waals surface area contributed by atoms with Crippen molar-refractivity contribution in [1.82, 2.24) is 13.7 Å². The van der Waals surface area contributed by atoms with Crippen molar-refractivity contribution in [3.63, 3.8) is 0 Å². The predicted octanol–water partition coefficient (Wildman–Crippen LogP) is 12.4. The Morgan fingerprint density at radius 1 is 0.234 bits per heavy atom. The normalized spacial score (nSPS) is 12.1. The lowest BCUT2D eigenvalue weighted by molar-refractivity contribution is 1.13. The Bertz CT molecular complexity index is 3730. The Morgan fingerprint density at radius 2 is 0.609 bits per heavy atom. The van der Waals surface area contributed by atoms with Gasteiger partial charge in [0.05, 0.1) is 38.8 Å². The summed E-state index contributed by atoms with van der Waals surface area (Å²) in [6.07, 6.45) is 0. The first-order valence-electron chi connectivity index (χ1n) is 22.1. The third kappa shape index (κ3) is 5.15. The van der Waals surface area contributed by atoms with Crippen LogP contribution in [-0.4, -0.2) is 21.8 Å². The van der Waals surface area contributed by atoms with Crippen LogP contribution in [-0.2, 0) is 0 Å². The molecule has 300 valence electrons. The van der Waals surface area contributed by atoms with Crippen molar-refractivity contribution in [1.29, 1.82) is 0 Å². The summed E-state index contributed by atoms with van der Waals surface area (Å²) in [5.41, 5.74) is 10.6. The summed E-state index contributed by atoms with van der Waals surface area (Å²) in [5.74, 6) is 0. The van der Waals surface area contributed by atoms with Crippen LogP contribution in [0.4, 0.5) is 0 Å². The van der Waals surface area contributed by atoms with E-state index in [0.29, 0.717) is 0 Å². The molecule has 4 heteroatoms. The van der Waals surface area contributed by atoms with Gasteiger partial charge in [-0.3, -0.25) is 0 Å². The average Bonchev–Trinajstić information content (AvgIpc) is 4.02. The summed E-state index contributed by atoms with van der Waals surface area (Å²) in [5, 5.41) is 12.7. The molecule has 0 fully saturated rings. The third-order valence-corrected chi connectivity index (χ3v) is 18.4. The Hall–Kier alpha value is -8.18. The highest BCUT2D eigenvalue weighted by molar-refractivity contribution is 7.21. The maximum absolute atomic E-state index is 3.29. The minimum absolute atomic E-state index is 1.13. The minimum atomic E-state index is -3.29. The fourth-order valence-corrected chi connectivity index (χ4v) is 16.2. The second-order valence-corrected chi connectivity index (χ2v) is 20.5. The van der Waals surface area contributed by atoms with Gasteiger partial charge in [-0.15, -0.1) is 0 Å². The van der Waals surface area contributed by atoms with Crippen molar-refractivity contribution in [2.45, 2.75) is 0 Å². The van der Waals surface area contributed by atoms with Crippen molar-refractivity contribution >= 4 is 94.2 Å². The zero-order chi connectivity index (χ0) is 42.2. The van der Waals surface area contributed by atoms with Crippen LogP contribution in [0.5, 0.6) is 0 Å². The molecule has 0 spiro atoms. The first kappa shape index (κ1) is 36.5. The van der Waals surface area contributed by atoms with Crippen LogP contribution in [0.1, 0.15) is 0 Å². The molecule has 0 unspecified atom stereocenters. The molecule has 0 aliphatic heterocycles. The standard InChI is InChI=1S/C60H41N3Si/c1-5-22-42(23-6-1)61-52-35-17-15-32-48(52)50-34-21-39-56(58(50)61)63-55-38-20-16-33-49(55)51-40-41-57(62-53-36-18-13-30-46(53)47-31-14-19-37-54(47)62)60(59(51)63)64(43-24-7-2-8-25-43,44-26-9-3-10-27-44)45-28-11-4-12-29-45/h1-41H. The first-order chi connectivity index (χ1) is 31.8. The molecule has 10 aromatic carbocycles. The van der Waals surface area contributed by atoms with Crippen LogP contribution in [0.2, 0.25) is 0 Å². The van der Waals surface area contributed by atoms with Crippen LogP contribution in [0.25, 0.3) is 82.5 Å². The van der Waals surface area contributed by atoms with Gasteiger partial charge in [-0.05, 0) is 64.1 Å². The second kappa shape index (κ2) is 14.5. The lowest BCUT2D eigenvalue weighted by atomic mass is 10.1. The van der Waals surface area contributed by atoms with E-state index in [1.54, 1.807) is 0 Å². The van der Waals surface area contributed by atoms with Crippen molar-refractivity contribution in [2.75, 3.05) is 0 Å². The van der Waals surface area contributed by atoms with Crippen LogP contribution in [0.3, 0.4) is 0 Å². The monoisotopic (exact) mass is 831 g/mol. The van der Waals surface area contributed by atoms with Gasteiger partial charge in [-0.25, -0.2) is 0 Å². The van der Waals surface area contributed by atoms with Crippen LogP contribution < -0.4 is 20.7 Å². The largest absolute Gasteiger partial charge is 0.309 e. The molecule has 0 aliphatic rings. The summed E-state index contributed by atoms with van der Waals surface area (Å²) in [7, 11) is -3.29. The molecule has 13 rings (SSSR count). The summed E-state index contributed by atoms with van der Waals surface area (Å²) < 4.78 is 7.68. The highest BCUT2D eigenvalue weighted by Gasteiger charge is 2.46. The van der Waals surface area contributed by atoms with Crippen molar-refractivity contribution in [3.8, 4) is 17.1 Å². The number of benzene rings is 10. The Kier molecular flexibility index (Phi) is 8.23. The molecule has 0 bridgehead atoms. The van der Waals surface area contributed by atoms with E-state index in [0.717, 1.165) is 11.4 Å². The Balaban J connectivity index is 1.33. The van der Waals surface area contributed by atoms with E-state index in [4.69, 9.17) is 0 Å². The quantitative estimate of drug-likeness (QED) is 0.112. The number of nitrogens with zero attached hydrogens (tertiary/aromatic N) is 3. The van der Waals surface area contributed by atoms with Gasteiger partial charge in [0.15, 0.2) is 8.07 Å². The van der Waals surface area contributed by atoms with E-state index in [1.807, 2.05) is 0 Å². The van der Waals surface area contributed by atoms with E-state index in [9.17, 15) is 0 Å². The van der Waals surface area contributed by atoms with E-state index in [1.165, 1.54) is 91.9 Å². The van der Waals surface area contributed by atoms with Gasteiger partial charge in [0, 0.05) is 48.9 Å². The van der Waals surface area contributed by atoms with E-state index >= 15 is 0 Å². The predicted molar refractivity (Wildman–Crippen MR) is 273 cm³/mol. The van der Waals surface area contributed by atoms with Gasteiger partial charge in [-0.1, -0.05) is 200 Å². The Labute approximate surface area is 372 Å². The van der Waals surface area contributed by atoms with Gasteiger partial charge in [0.25, 0.3) is 0 Å². The van der Waals surface area contributed by atoms with Gasteiger partial charge in [0.2, 0.25) is 0 Å². The molecule has 0 atom stereocenters. The summed E-state index contributed by atoms with van der Waals surface area (Å²) in [6, 6.07) is 92.6. The van der Waals surface area contributed by atoms with E-state index < -0.39 is 8.07 Å². The molecule has 0 amide bonds. The van der Waals surface area contributed by atoms with Crippen molar-refractivity contribution in [3.05, 3.63) is 249 Å². The maximum Gasteiger partial charge on any atom is 0.184 e. The van der Waals surface area contributed by atoms with Crippen LogP contribution in [0.15, 0.2) is 249 Å².